The van der Waals surface area contributed by atoms with E-state index in [0.717, 1.165) is 18.8 Å². The first kappa shape index (κ1) is 8.56. The van der Waals surface area contributed by atoms with Crippen molar-refractivity contribution in [3.63, 3.8) is 0 Å². The zero-order valence-corrected chi connectivity index (χ0v) is 7.09. The molecular formula is C8H15NO2. The summed E-state index contributed by atoms with van der Waals surface area (Å²) in [5, 5.41) is 3.13. The largest absolute Gasteiger partial charge is 0.496 e. The van der Waals surface area contributed by atoms with Crippen LogP contribution < -0.4 is 5.32 Å². The van der Waals surface area contributed by atoms with Crippen molar-refractivity contribution in [3.05, 3.63) is 11.8 Å². The van der Waals surface area contributed by atoms with E-state index < -0.39 is 0 Å². The third-order valence-corrected chi connectivity index (χ3v) is 1.76. The van der Waals surface area contributed by atoms with Gasteiger partial charge in [-0.3, -0.25) is 0 Å². The number of methoxy groups -OCH3 is 1. The monoisotopic (exact) mass is 157 g/mol. The standard InChI is InChI=1S/C8H15NO2/c1-9-7(6-10-2)8-4-3-5-11-8/h4,7,9H,3,5-6H2,1-2H3. The maximum absolute atomic E-state index is 5.38. The van der Waals surface area contributed by atoms with Crippen LogP contribution in [-0.4, -0.2) is 33.4 Å². The second-order valence-electron chi connectivity index (χ2n) is 2.54. The molecule has 0 aromatic carbocycles. The van der Waals surface area contributed by atoms with E-state index in [1.54, 1.807) is 7.11 Å². The number of rotatable bonds is 4. The summed E-state index contributed by atoms with van der Waals surface area (Å²) in [6.45, 7) is 1.49. The van der Waals surface area contributed by atoms with E-state index in [1.807, 2.05) is 7.05 Å². The molecule has 1 heterocycles. The molecule has 0 fully saturated rings. The molecule has 0 bridgehead atoms. The van der Waals surface area contributed by atoms with Crippen LogP contribution >= 0.6 is 0 Å². The lowest BCUT2D eigenvalue weighted by Gasteiger charge is -2.15. The van der Waals surface area contributed by atoms with E-state index in [2.05, 4.69) is 11.4 Å². The van der Waals surface area contributed by atoms with Crippen LogP contribution in [-0.2, 0) is 9.47 Å². The summed E-state index contributed by atoms with van der Waals surface area (Å²) in [6.07, 6.45) is 3.14. The molecule has 0 aromatic heterocycles. The van der Waals surface area contributed by atoms with Crippen molar-refractivity contribution < 1.29 is 9.47 Å². The minimum atomic E-state index is 0.225. The lowest BCUT2D eigenvalue weighted by Crippen LogP contribution is -2.32. The molecule has 0 aliphatic carbocycles. The molecule has 0 saturated heterocycles. The Bertz CT molecular complexity index is 145. The van der Waals surface area contributed by atoms with Gasteiger partial charge in [-0.1, -0.05) is 0 Å². The summed E-state index contributed by atoms with van der Waals surface area (Å²) in [6, 6.07) is 0.225. The first-order valence-corrected chi connectivity index (χ1v) is 3.87. The number of ether oxygens (including phenoxy) is 2. The maximum atomic E-state index is 5.38. The molecule has 1 N–H and O–H groups in total. The SMILES string of the molecule is CNC(COC)C1=CCCO1. The minimum absolute atomic E-state index is 0.225. The van der Waals surface area contributed by atoms with Gasteiger partial charge in [-0.25, -0.2) is 0 Å². The highest BCUT2D eigenvalue weighted by molar-refractivity contribution is 5.06. The number of hydrogen-bond acceptors (Lipinski definition) is 3. The van der Waals surface area contributed by atoms with Crippen molar-refractivity contribution in [2.75, 3.05) is 27.4 Å². The van der Waals surface area contributed by atoms with Crippen molar-refractivity contribution in [1.82, 2.24) is 5.32 Å². The molecule has 1 rings (SSSR count). The Labute approximate surface area is 67.4 Å². The molecule has 0 saturated carbocycles. The van der Waals surface area contributed by atoms with E-state index in [4.69, 9.17) is 9.47 Å². The molecule has 1 aliphatic heterocycles. The molecule has 0 spiro atoms. The van der Waals surface area contributed by atoms with Crippen LogP contribution in [0, 0.1) is 0 Å². The summed E-state index contributed by atoms with van der Waals surface area (Å²) < 4.78 is 10.4. The number of hydrogen-bond donors (Lipinski definition) is 1. The lowest BCUT2D eigenvalue weighted by molar-refractivity contribution is 0.142. The summed E-state index contributed by atoms with van der Waals surface area (Å²) in [7, 11) is 3.60. The molecule has 11 heavy (non-hydrogen) atoms. The van der Waals surface area contributed by atoms with Crippen molar-refractivity contribution in [1.29, 1.82) is 0 Å². The highest BCUT2D eigenvalue weighted by Crippen LogP contribution is 2.12. The second-order valence-corrected chi connectivity index (χ2v) is 2.54. The van der Waals surface area contributed by atoms with Crippen molar-refractivity contribution in [2.45, 2.75) is 12.5 Å². The molecule has 0 aromatic rings. The van der Waals surface area contributed by atoms with E-state index in [9.17, 15) is 0 Å². The van der Waals surface area contributed by atoms with Gasteiger partial charge < -0.3 is 14.8 Å². The van der Waals surface area contributed by atoms with Crippen LogP contribution in [0.3, 0.4) is 0 Å². The van der Waals surface area contributed by atoms with Gasteiger partial charge in [-0.15, -0.1) is 0 Å². The molecule has 1 aliphatic rings. The van der Waals surface area contributed by atoms with Crippen LogP contribution in [0.25, 0.3) is 0 Å². The summed E-state index contributed by atoms with van der Waals surface area (Å²) in [5.41, 5.74) is 0. The smallest absolute Gasteiger partial charge is 0.111 e. The van der Waals surface area contributed by atoms with Gasteiger partial charge >= 0.3 is 0 Å². The average molecular weight is 157 g/mol. The Kier molecular flexibility index (Phi) is 3.39. The van der Waals surface area contributed by atoms with Crippen LogP contribution in [0.5, 0.6) is 0 Å². The predicted molar refractivity (Wildman–Crippen MR) is 43.4 cm³/mol. The topological polar surface area (TPSA) is 30.5 Å². The summed E-state index contributed by atoms with van der Waals surface area (Å²) in [4.78, 5) is 0. The van der Waals surface area contributed by atoms with Gasteiger partial charge in [-0.2, -0.15) is 0 Å². The fourth-order valence-electron chi connectivity index (χ4n) is 1.15. The number of nitrogens with one attached hydrogen (secondary N) is 1. The van der Waals surface area contributed by atoms with Gasteiger partial charge in [0.25, 0.3) is 0 Å². The van der Waals surface area contributed by atoms with Gasteiger partial charge in [0.1, 0.15) is 5.76 Å². The third kappa shape index (κ3) is 2.20. The average Bonchev–Trinajstić information content (AvgIpc) is 2.52. The van der Waals surface area contributed by atoms with Crippen molar-refractivity contribution in [2.24, 2.45) is 0 Å². The quantitative estimate of drug-likeness (QED) is 0.645. The van der Waals surface area contributed by atoms with Crippen molar-refractivity contribution >= 4 is 0 Å². The lowest BCUT2D eigenvalue weighted by atomic mass is 10.2. The molecule has 0 amide bonds. The molecule has 3 heteroatoms. The summed E-state index contributed by atoms with van der Waals surface area (Å²) >= 11 is 0. The minimum Gasteiger partial charge on any atom is -0.496 e. The Morgan fingerprint density at radius 3 is 3.09 bits per heavy atom. The van der Waals surface area contributed by atoms with Gasteiger partial charge in [-0.05, 0) is 13.1 Å². The molecular weight excluding hydrogens is 142 g/mol. The Morgan fingerprint density at radius 2 is 2.64 bits per heavy atom. The van der Waals surface area contributed by atoms with Gasteiger partial charge in [0.05, 0.1) is 19.3 Å². The maximum Gasteiger partial charge on any atom is 0.111 e. The van der Waals surface area contributed by atoms with Crippen LogP contribution in [0.2, 0.25) is 0 Å². The fourth-order valence-corrected chi connectivity index (χ4v) is 1.15. The Hall–Kier alpha value is -0.540. The number of likely N-dealkylation sites (N-methyl/N-ethyl adjacent to an activating group) is 1. The molecule has 1 atom stereocenters. The van der Waals surface area contributed by atoms with E-state index >= 15 is 0 Å². The fraction of sp³-hybridized carbons (Fsp3) is 0.750. The summed E-state index contributed by atoms with van der Waals surface area (Å²) in [5.74, 6) is 1.02. The molecule has 0 radical (unpaired) electrons. The van der Waals surface area contributed by atoms with Gasteiger partial charge in [0.2, 0.25) is 0 Å². The molecule has 1 unspecified atom stereocenters. The third-order valence-electron chi connectivity index (χ3n) is 1.76. The van der Waals surface area contributed by atoms with Crippen molar-refractivity contribution in [3.8, 4) is 0 Å². The first-order valence-electron chi connectivity index (χ1n) is 3.87. The highest BCUT2D eigenvalue weighted by atomic mass is 16.5. The predicted octanol–water partition coefficient (Wildman–Crippen LogP) is 0.525. The zero-order valence-electron chi connectivity index (χ0n) is 7.09. The van der Waals surface area contributed by atoms with E-state index in [1.165, 1.54) is 0 Å². The van der Waals surface area contributed by atoms with Gasteiger partial charge in [0.15, 0.2) is 0 Å². The normalized spacial score (nSPS) is 19.3. The van der Waals surface area contributed by atoms with Gasteiger partial charge in [0, 0.05) is 13.5 Å². The second kappa shape index (κ2) is 4.36. The van der Waals surface area contributed by atoms with Crippen LogP contribution in [0.15, 0.2) is 11.8 Å². The Balaban J connectivity index is 2.40. The van der Waals surface area contributed by atoms with E-state index in [0.29, 0.717) is 6.61 Å². The Morgan fingerprint density at radius 1 is 1.82 bits per heavy atom. The zero-order chi connectivity index (χ0) is 8.10. The molecule has 3 nitrogen and oxygen atoms in total. The molecule has 64 valence electrons. The van der Waals surface area contributed by atoms with E-state index in [-0.39, 0.29) is 6.04 Å². The first-order chi connectivity index (χ1) is 5.38. The highest BCUT2D eigenvalue weighted by Gasteiger charge is 2.15. The van der Waals surface area contributed by atoms with Crippen LogP contribution in [0.4, 0.5) is 0 Å². The van der Waals surface area contributed by atoms with Crippen LogP contribution in [0.1, 0.15) is 6.42 Å².